The fraction of sp³-hybridized carbons (Fsp3) is 0.588. The van der Waals surface area contributed by atoms with Crippen LogP contribution in [0.15, 0.2) is 18.2 Å². The monoisotopic (exact) mass is 320 g/mol. The molecular formula is C17H24N2O4. The molecule has 2 aliphatic heterocycles. The number of methoxy groups -OCH3 is 1. The van der Waals surface area contributed by atoms with Crippen LogP contribution in [0.1, 0.15) is 29.9 Å². The minimum Gasteiger partial charge on any atom is -0.497 e. The Morgan fingerprint density at radius 1 is 1.35 bits per heavy atom. The lowest BCUT2D eigenvalue weighted by atomic mass is 9.73. The van der Waals surface area contributed by atoms with E-state index < -0.39 is 11.7 Å². The molecule has 126 valence electrons. The first-order chi connectivity index (χ1) is 10.9. The SMILES string of the molecule is COc1ccc2c(c1)CN(C)CC2C1(O)CCN(C(=O)O)CC1. The number of fused-ring (bicyclic) bond motifs is 1. The van der Waals surface area contributed by atoms with Gasteiger partial charge >= 0.3 is 6.09 Å². The standard InChI is InChI=1S/C17H24N2O4/c1-18-10-12-9-13(23-2)3-4-14(12)15(11-18)17(22)5-7-19(8-6-17)16(20)21/h3-4,9,15,22H,5-8,10-11H2,1-2H3,(H,20,21). The fourth-order valence-corrected chi connectivity index (χ4v) is 3.84. The van der Waals surface area contributed by atoms with E-state index >= 15 is 0 Å². The fourth-order valence-electron chi connectivity index (χ4n) is 3.84. The Balaban J connectivity index is 1.87. The molecule has 2 N–H and O–H groups in total. The molecule has 1 aromatic carbocycles. The lowest BCUT2D eigenvalue weighted by molar-refractivity contribution is -0.0481. The van der Waals surface area contributed by atoms with Crippen molar-refractivity contribution in [1.29, 1.82) is 0 Å². The Hall–Kier alpha value is -1.79. The van der Waals surface area contributed by atoms with Gasteiger partial charge in [-0.3, -0.25) is 0 Å². The van der Waals surface area contributed by atoms with Gasteiger partial charge in [0, 0.05) is 32.1 Å². The van der Waals surface area contributed by atoms with E-state index in [1.807, 2.05) is 25.2 Å². The summed E-state index contributed by atoms with van der Waals surface area (Å²) >= 11 is 0. The van der Waals surface area contributed by atoms with E-state index in [0.717, 1.165) is 24.4 Å². The van der Waals surface area contributed by atoms with Gasteiger partial charge in [0.15, 0.2) is 0 Å². The van der Waals surface area contributed by atoms with Gasteiger partial charge in [-0.15, -0.1) is 0 Å². The average molecular weight is 320 g/mol. The van der Waals surface area contributed by atoms with E-state index in [4.69, 9.17) is 9.84 Å². The lowest BCUT2D eigenvalue weighted by Crippen LogP contribution is -2.52. The number of hydrogen-bond acceptors (Lipinski definition) is 4. The molecule has 1 fully saturated rings. The van der Waals surface area contributed by atoms with Crippen LogP contribution in [0.3, 0.4) is 0 Å². The van der Waals surface area contributed by atoms with Gasteiger partial charge in [0.2, 0.25) is 0 Å². The second kappa shape index (κ2) is 6.02. The van der Waals surface area contributed by atoms with Crippen LogP contribution in [0, 0.1) is 0 Å². The number of hydrogen-bond donors (Lipinski definition) is 2. The number of aliphatic hydroxyl groups is 1. The van der Waals surface area contributed by atoms with Gasteiger partial charge in [-0.25, -0.2) is 4.79 Å². The van der Waals surface area contributed by atoms with Crippen molar-refractivity contribution in [3.05, 3.63) is 29.3 Å². The van der Waals surface area contributed by atoms with Gasteiger partial charge in [-0.2, -0.15) is 0 Å². The molecule has 0 bridgehead atoms. The second-order valence-electron chi connectivity index (χ2n) is 6.69. The van der Waals surface area contributed by atoms with Gasteiger partial charge in [0.25, 0.3) is 0 Å². The normalized spacial score (nSPS) is 24.1. The summed E-state index contributed by atoms with van der Waals surface area (Å²) in [5, 5.41) is 20.3. The van der Waals surface area contributed by atoms with Crippen molar-refractivity contribution in [2.75, 3.05) is 33.8 Å². The maximum Gasteiger partial charge on any atom is 0.407 e. The summed E-state index contributed by atoms with van der Waals surface area (Å²) in [7, 11) is 3.70. The Kier molecular flexibility index (Phi) is 4.21. The molecular weight excluding hydrogens is 296 g/mol. The maximum atomic E-state index is 11.2. The average Bonchev–Trinajstić information content (AvgIpc) is 2.53. The Bertz CT molecular complexity index is 596. The molecule has 0 radical (unpaired) electrons. The van der Waals surface area contributed by atoms with Crippen LogP contribution < -0.4 is 4.74 Å². The van der Waals surface area contributed by atoms with Crippen molar-refractivity contribution in [3.63, 3.8) is 0 Å². The largest absolute Gasteiger partial charge is 0.497 e. The van der Waals surface area contributed by atoms with Crippen LogP contribution >= 0.6 is 0 Å². The van der Waals surface area contributed by atoms with Gasteiger partial charge < -0.3 is 24.7 Å². The highest BCUT2D eigenvalue weighted by Crippen LogP contribution is 2.42. The van der Waals surface area contributed by atoms with Gasteiger partial charge in [-0.1, -0.05) is 6.07 Å². The summed E-state index contributed by atoms with van der Waals surface area (Å²) in [4.78, 5) is 14.7. The Morgan fingerprint density at radius 2 is 2.04 bits per heavy atom. The maximum absolute atomic E-state index is 11.2. The first-order valence-corrected chi connectivity index (χ1v) is 7.98. The number of carboxylic acid groups (broad SMARTS) is 1. The van der Waals surface area contributed by atoms with Gasteiger partial charge in [0.1, 0.15) is 5.75 Å². The third kappa shape index (κ3) is 3.01. The highest BCUT2D eigenvalue weighted by Gasteiger charge is 2.44. The summed E-state index contributed by atoms with van der Waals surface area (Å²) < 4.78 is 5.31. The van der Waals surface area contributed by atoms with E-state index in [2.05, 4.69) is 4.90 Å². The molecule has 0 aromatic heterocycles. The number of benzene rings is 1. The molecule has 1 atom stereocenters. The predicted octanol–water partition coefficient (Wildman–Crippen LogP) is 1.73. The molecule has 1 saturated heterocycles. The minimum absolute atomic E-state index is 0.00176. The van der Waals surface area contributed by atoms with Crippen LogP contribution in [0.4, 0.5) is 4.79 Å². The topological polar surface area (TPSA) is 73.2 Å². The minimum atomic E-state index is -0.905. The van der Waals surface area contributed by atoms with Gasteiger partial charge in [0.05, 0.1) is 12.7 Å². The number of ether oxygens (including phenoxy) is 1. The predicted molar refractivity (Wildman–Crippen MR) is 85.9 cm³/mol. The summed E-state index contributed by atoms with van der Waals surface area (Å²) in [6.07, 6.45) is 0.0463. The highest BCUT2D eigenvalue weighted by molar-refractivity contribution is 5.65. The van der Waals surface area contributed by atoms with Crippen LogP contribution in [-0.4, -0.2) is 65.5 Å². The molecule has 0 saturated carbocycles. The number of rotatable bonds is 2. The molecule has 3 rings (SSSR count). The van der Waals surface area contributed by atoms with Crippen LogP contribution in [0.25, 0.3) is 0 Å². The molecule has 1 aromatic rings. The zero-order valence-corrected chi connectivity index (χ0v) is 13.7. The van der Waals surface area contributed by atoms with E-state index in [1.54, 1.807) is 7.11 Å². The number of nitrogens with zero attached hydrogens (tertiary/aromatic N) is 2. The number of carbonyl (C=O) groups is 1. The molecule has 2 aliphatic rings. The first kappa shape index (κ1) is 16.1. The molecule has 6 nitrogen and oxygen atoms in total. The van der Waals surface area contributed by atoms with Crippen LogP contribution in [-0.2, 0) is 6.54 Å². The van der Waals surface area contributed by atoms with Crippen molar-refractivity contribution in [2.24, 2.45) is 0 Å². The molecule has 23 heavy (non-hydrogen) atoms. The Labute approximate surface area is 136 Å². The number of amides is 1. The third-order valence-electron chi connectivity index (χ3n) is 5.21. The van der Waals surface area contributed by atoms with Crippen molar-refractivity contribution in [2.45, 2.75) is 30.9 Å². The van der Waals surface area contributed by atoms with E-state index in [-0.39, 0.29) is 5.92 Å². The summed E-state index contributed by atoms with van der Waals surface area (Å²) in [5.41, 5.74) is 1.48. The zero-order chi connectivity index (χ0) is 16.6. The quantitative estimate of drug-likeness (QED) is 0.868. The number of likely N-dealkylation sites (tertiary alicyclic amines) is 1. The molecule has 0 aliphatic carbocycles. The Morgan fingerprint density at radius 3 is 2.65 bits per heavy atom. The number of piperidine rings is 1. The van der Waals surface area contributed by atoms with Gasteiger partial charge in [-0.05, 0) is 43.1 Å². The highest BCUT2D eigenvalue weighted by atomic mass is 16.5. The summed E-state index contributed by atoms with van der Waals surface area (Å²) in [6.45, 7) is 2.39. The smallest absolute Gasteiger partial charge is 0.407 e. The van der Waals surface area contributed by atoms with Crippen LogP contribution in [0.5, 0.6) is 5.75 Å². The zero-order valence-electron chi connectivity index (χ0n) is 13.7. The van der Waals surface area contributed by atoms with E-state index in [0.29, 0.717) is 25.9 Å². The molecule has 2 heterocycles. The molecule has 1 unspecified atom stereocenters. The van der Waals surface area contributed by atoms with E-state index in [9.17, 15) is 9.90 Å². The number of likely N-dealkylation sites (N-methyl/N-ethyl adjacent to an activating group) is 1. The second-order valence-corrected chi connectivity index (χ2v) is 6.69. The summed E-state index contributed by atoms with van der Waals surface area (Å²) in [5.74, 6) is 0.823. The van der Waals surface area contributed by atoms with E-state index in [1.165, 1.54) is 10.5 Å². The third-order valence-corrected chi connectivity index (χ3v) is 5.21. The molecule has 0 spiro atoms. The van der Waals surface area contributed by atoms with Crippen molar-refractivity contribution < 1.29 is 19.7 Å². The van der Waals surface area contributed by atoms with Crippen molar-refractivity contribution in [1.82, 2.24) is 9.80 Å². The molecule has 1 amide bonds. The van der Waals surface area contributed by atoms with Crippen LogP contribution in [0.2, 0.25) is 0 Å². The summed E-state index contributed by atoms with van der Waals surface area (Å²) in [6, 6.07) is 6.02. The first-order valence-electron chi connectivity index (χ1n) is 7.98. The molecule has 6 heteroatoms. The lowest BCUT2D eigenvalue weighted by Gasteiger charge is -2.46. The van der Waals surface area contributed by atoms with Crippen molar-refractivity contribution >= 4 is 6.09 Å². The van der Waals surface area contributed by atoms with Crippen molar-refractivity contribution in [3.8, 4) is 5.75 Å².